The van der Waals surface area contributed by atoms with Crippen LogP contribution in [0.1, 0.15) is 38.4 Å². The van der Waals surface area contributed by atoms with Crippen molar-refractivity contribution < 1.29 is 4.42 Å². The summed E-state index contributed by atoms with van der Waals surface area (Å²) in [6.45, 7) is 3.58. The van der Waals surface area contributed by atoms with E-state index in [1.54, 1.807) is 6.26 Å². The van der Waals surface area contributed by atoms with Gasteiger partial charge in [-0.2, -0.15) is 0 Å². The molecule has 88 valence electrons. The van der Waals surface area contributed by atoms with Gasteiger partial charge in [-0.05, 0) is 49.1 Å². The van der Waals surface area contributed by atoms with Crippen LogP contribution in [-0.4, -0.2) is 12.6 Å². The summed E-state index contributed by atoms with van der Waals surface area (Å²) < 4.78 is 5.50. The molecule has 0 aliphatic heterocycles. The zero-order chi connectivity index (χ0) is 11.0. The Morgan fingerprint density at radius 3 is 2.75 bits per heavy atom. The van der Waals surface area contributed by atoms with Gasteiger partial charge < -0.3 is 9.73 Å². The van der Waals surface area contributed by atoms with Crippen LogP contribution in [0.5, 0.6) is 0 Å². The fourth-order valence-electron chi connectivity index (χ4n) is 2.61. The number of hydrogen-bond acceptors (Lipinski definition) is 2. The molecule has 3 rings (SSSR count). The zero-order valence-electron chi connectivity index (χ0n) is 10.0. The summed E-state index contributed by atoms with van der Waals surface area (Å²) in [4.78, 5) is 0. The highest BCUT2D eigenvalue weighted by atomic mass is 16.3. The first-order chi connectivity index (χ1) is 7.76. The Hall–Kier alpha value is -0.760. The lowest BCUT2D eigenvalue weighted by Crippen LogP contribution is -2.36. The van der Waals surface area contributed by atoms with E-state index in [4.69, 9.17) is 4.42 Å². The van der Waals surface area contributed by atoms with Gasteiger partial charge in [0.15, 0.2) is 0 Å². The third kappa shape index (κ3) is 2.32. The molecule has 1 aromatic heterocycles. The van der Waals surface area contributed by atoms with Gasteiger partial charge in [0.1, 0.15) is 5.76 Å². The summed E-state index contributed by atoms with van der Waals surface area (Å²) in [5.41, 5.74) is 0.403. The third-order valence-corrected chi connectivity index (χ3v) is 4.09. The Morgan fingerprint density at radius 1 is 1.38 bits per heavy atom. The van der Waals surface area contributed by atoms with Gasteiger partial charge in [0, 0.05) is 19.0 Å². The monoisotopic (exact) mass is 219 g/mol. The molecule has 0 amide bonds. The third-order valence-electron chi connectivity index (χ3n) is 4.09. The Balaban J connectivity index is 1.63. The fraction of sp³-hybridized carbons (Fsp3) is 0.714. The predicted molar refractivity (Wildman–Crippen MR) is 64.3 cm³/mol. The minimum Gasteiger partial charge on any atom is -0.469 e. The summed E-state index contributed by atoms with van der Waals surface area (Å²) in [6, 6.07) is 4.92. The highest BCUT2D eigenvalue weighted by Gasteiger charge is 2.42. The van der Waals surface area contributed by atoms with Gasteiger partial charge in [-0.3, -0.25) is 0 Å². The average molecular weight is 219 g/mol. The van der Waals surface area contributed by atoms with Gasteiger partial charge in [0.25, 0.3) is 0 Å². The molecule has 1 unspecified atom stereocenters. The molecule has 0 bridgehead atoms. The average Bonchev–Trinajstić information content (AvgIpc) is 3.17. The van der Waals surface area contributed by atoms with E-state index in [-0.39, 0.29) is 0 Å². The number of furan rings is 1. The van der Waals surface area contributed by atoms with Crippen molar-refractivity contribution >= 4 is 0 Å². The van der Waals surface area contributed by atoms with Gasteiger partial charge in [-0.15, -0.1) is 0 Å². The van der Waals surface area contributed by atoms with E-state index in [1.807, 2.05) is 6.07 Å². The standard InChI is InChI=1S/C14H21NO/c1-14(11-4-5-11,10-15-12-6-7-12)9-13-3-2-8-16-13/h2-3,8,11-12,15H,4-7,9-10H2,1H3. The van der Waals surface area contributed by atoms with Crippen molar-refractivity contribution in [1.29, 1.82) is 0 Å². The summed E-state index contributed by atoms with van der Waals surface area (Å²) in [5.74, 6) is 2.05. The van der Waals surface area contributed by atoms with Crippen molar-refractivity contribution in [2.45, 2.75) is 45.1 Å². The molecule has 2 aliphatic rings. The second-order valence-electron chi connectivity index (χ2n) is 5.84. The quantitative estimate of drug-likeness (QED) is 0.795. The van der Waals surface area contributed by atoms with Crippen LogP contribution in [0.3, 0.4) is 0 Å². The molecule has 1 heterocycles. The predicted octanol–water partition coefficient (Wildman–Crippen LogP) is 2.99. The topological polar surface area (TPSA) is 25.2 Å². The van der Waals surface area contributed by atoms with Crippen molar-refractivity contribution in [1.82, 2.24) is 5.32 Å². The Morgan fingerprint density at radius 2 is 2.19 bits per heavy atom. The van der Waals surface area contributed by atoms with Gasteiger partial charge in [0.05, 0.1) is 6.26 Å². The minimum atomic E-state index is 0.403. The maximum Gasteiger partial charge on any atom is 0.104 e. The first-order valence-corrected chi connectivity index (χ1v) is 6.52. The van der Waals surface area contributed by atoms with E-state index in [2.05, 4.69) is 18.3 Å². The first-order valence-electron chi connectivity index (χ1n) is 6.52. The van der Waals surface area contributed by atoms with Crippen molar-refractivity contribution in [3.8, 4) is 0 Å². The van der Waals surface area contributed by atoms with Crippen LogP contribution < -0.4 is 5.32 Å². The van der Waals surface area contributed by atoms with Crippen molar-refractivity contribution in [2.24, 2.45) is 11.3 Å². The van der Waals surface area contributed by atoms with Crippen LogP contribution in [0.15, 0.2) is 22.8 Å². The minimum absolute atomic E-state index is 0.403. The lowest BCUT2D eigenvalue weighted by molar-refractivity contribution is 0.237. The largest absolute Gasteiger partial charge is 0.469 e. The number of hydrogen-bond donors (Lipinski definition) is 1. The number of rotatable bonds is 6. The SMILES string of the molecule is CC(CNC1CC1)(Cc1ccco1)C1CC1. The Bertz CT molecular complexity index is 338. The van der Waals surface area contributed by atoms with E-state index in [9.17, 15) is 0 Å². The summed E-state index contributed by atoms with van der Waals surface area (Å²) in [6.07, 6.45) is 8.44. The molecule has 2 aliphatic carbocycles. The molecule has 16 heavy (non-hydrogen) atoms. The molecular weight excluding hydrogens is 198 g/mol. The summed E-state index contributed by atoms with van der Waals surface area (Å²) in [7, 11) is 0. The van der Waals surface area contributed by atoms with Crippen LogP contribution in [0, 0.1) is 11.3 Å². The molecule has 2 heteroatoms. The van der Waals surface area contributed by atoms with E-state index >= 15 is 0 Å². The molecule has 0 saturated heterocycles. The van der Waals surface area contributed by atoms with Crippen molar-refractivity contribution in [3.05, 3.63) is 24.2 Å². The highest BCUT2D eigenvalue weighted by Crippen LogP contribution is 2.47. The Kier molecular flexibility index (Phi) is 2.55. The zero-order valence-corrected chi connectivity index (χ0v) is 10.0. The van der Waals surface area contributed by atoms with Gasteiger partial charge in [0.2, 0.25) is 0 Å². The lowest BCUT2D eigenvalue weighted by Gasteiger charge is -2.29. The maximum absolute atomic E-state index is 5.50. The van der Waals surface area contributed by atoms with Gasteiger partial charge >= 0.3 is 0 Å². The highest BCUT2D eigenvalue weighted by molar-refractivity contribution is 5.06. The van der Waals surface area contributed by atoms with Crippen molar-refractivity contribution in [2.75, 3.05) is 6.54 Å². The lowest BCUT2D eigenvalue weighted by atomic mass is 9.80. The van der Waals surface area contributed by atoms with Gasteiger partial charge in [-0.1, -0.05) is 6.92 Å². The maximum atomic E-state index is 5.50. The molecule has 1 aromatic rings. The molecular formula is C14H21NO. The van der Waals surface area contributed by atoms with E-state index in [0.29, 0.717) is 5.41 Å². The molecule has 2 fully saturated rings. The first kappa shape index (κ1) is 10.4. The van der Waals surface area contributed by atoms with E-state index in [1.165, 1.54) is 25.7 Å². The van der Waals surface area contributed by atoms with Crippen LogP contribution >= 0.6 is 0 Å². The Labute approximate surface area is 97.4 Å². The second-order valence-corrected chi connectivity index (χ2v) is 5.84. The van der Waals surface area contributed by atoms with Crippen LogP contribution in [0.25, 0.3) is 0 Å². The normalized spacial score (nSPS) is 24.3. The summed E-state index contributed by atoms with van der Waals surface area (Å²) >= 11 is 0. The molecule has 1 atom stereocenters. The molecule has 0 spiro atoms. The molecule has 2 saturated carbocycles. The van der Waals surface area contributed by atoms with E-state index < -0.39 is 0 Å². The second kappa shape index (κ2) is 3.92. The number of nitrogens with one attached hydrogen (secondary N) is 1. The van der Waals surface area contributed by atoms with E-state index in [0.717, 1.165) is 30.7 Å². The molecule has 0 aromatic carbocycles. The fourth-order valence-corrected chi connectivity index (χ4v) is 2.61. The van der Waals surface area contributed by atoms with Crippen LogP contribution in [-0.2, 0) is 6.42 Å². The molecule has 2 nitrogen and oxygen atoms in total. The van der Waals surface area contributed by atoms with Crippen LogP contribution in [0.2, 0.25) is 0 Å². The van der Waals surface area contributed by atoms with Crippen molar-refractivity contribution in [3.63, 3.8) is 0 Å². The van der Waals surface area contributed by atoms with Gasteiger partial charge in [-0.25, -0.2) is 0 Å². The summed E-state index contributed by atoms with van der Waals surface area (Å²) in [5, 5.41) is 3.69. The molecule has 0 radical (unpaired) electrons. The molecule has 1 N–H and O–H groups in total. The smallest absolute Gasteiger partial charge is 0.104 e. The van der Waals surface area contributed by atoms with Crippen LogP contribution in [0.4, 0.5) is 0 Å².